The van der Waals surface area contributed by atoms with Gasteiger partial charge in [-0.3, -0.25) is 0 Å². The number of carbonyl (C=O) groups is 2. The number of esters is 2. The Kier molecular flexibility index (Phi) is 35.0. The molecule has 1 aromatic carbocycles. The van der Waals surface area contributed by atoms with Gasteiger partial charge in [0.15, 0.2) is 0 Å². The summed E-state index contributed by atoms with van der Waals surface area (Å²) in [6.45, 7) is 9.78. The van der Waals surface area contributed by atoms with Crippen molar-refractivity contribution in [3.63, 3.8) is 0 Å². The van der Waals surface area contributed by atoms with E-state index in [2.05, 4.69) is 27.7 Å². The van der Waals surface area contributed by atoms with E-state index in [0.717, 1.165) is 25.7 Å². The third-order valence-electron chi connectivity index (χ3n) is 8.24. The van der Waals surface area contributed by atoms with Crippen LogP contribution in [0.3, 0.4) is 0 Å². The van der Waals surface area contributed by atoms with Crippen molar-refractivity contribution < 1.29 is 19.1 Å². The van der Waals surface area contributed by atoms with Crippen molar-refractivity contribution in [2.24, 2.45) is 0 Å². The summed E-state index contributed by atoms with van der Waals surface area (Å²) < 4.78 is 14.0. The number of hydrogen-bond donors (Lipinski definition) is 0. The van der Waals surface area contributed by atoms with E-state index >= 15 is 0 Å². The van der Waals surface area contributed by atoms with Gasteiger partial charge in [-0.15, -0.1) is 0 Å². The molecule has 0 unspecified atom stereocenters. The van der Waals surface area contributed by atoms with E-state index in [1.165, 1.54) is 116 Å². The molecule has 0 aliphatic heterocycles. The molecule has 0 aromatic heterocycles. The number of hydrogen-bond acceptors (Lipinski definition) is 4. The molecule has 5 heteroatoms. The standard InChI is InChI=1S/C24H38O4.2C8H17.Sn/c1-3-5-7-9-11-15-19-27-23(25)21-17-13-14-18-22(21)24(26)28-20-16-12-10-8-6-4-2;2*1-3-5-7-8-6-4-2;/h13-14,17-18H,3-12,15-16,19-20H2,1-2H3;2*1,3-8H2,2H3;. The summed E-state index contributed by atoms with van der Waals surface area (Å²) in [5.41, 5.74) is 0.586. The van der Waals surface area contributed by atoms with Crippen LogP contribution in [0.1, 0.15) is 203 Å². The number of rotatable bonds is 30. The normalized spacial score (nSPS) is 10.8. The van der Waals surface area contributed by atoms with Gasteiger partial charge in [0.1, 0.15) is 0 Å². The molecule has 45 heavy (non-hydrogen) atoms. The molecule has 0 heterocycles. The van der Waals surface area contributed by atoms with E-state index in [1.807, 2.05) is 0 Å². The molecule has 2 radical (unpaired) electrons. The Hall–Kier alpha value is -1.04. The number of ether oxygens (including phenoxy) is 2. The Morgan fingerprint density at radius 1 is 0.444 bits per heavy atom. The van der Waals surface area contributed by atoms with E-state index in [0.29, 0.717) is 24.3 Å². The molecule has 0 bridgehead atoms. The van der Waals surface area contributed by atoms with Crippen molar-refractivity contribution in [3.05, 3.63) is 35.4 Å². The molecule has 0 N–H and O–H groups in total. The number of carbonyl (C=O) groups excluding carboxylic acids is 2. The van der Waals surface area contributed by atoms with Crippen LogP contribution in [0.4, 0.5) is 0 Å². The van der Waals surface area contributed by atoms with Crippen LogP contribution in [0.2, 0.25) is 8.87 Å². The van der Waals surface area contributed by atoms with Gasteiger partial charge < -0.3 is 9.47 Å². The van der Waals surface area contributed by atoms with Crippen LogP contribution in [0.5, 0.6) is 0 Å². The van der Waals surface area contributed by atoms with Crippen molar-refractivity contribution in [3.8, 4) is 0 Å². The van der Waals surface area contributed by atoms with Crippen molar-refractivity contribution >= 4 is 33.1 Å². The summed E-state index contributed by atoms with van der Waals surface area (Å²) in [6.07, 6.45) is 31.5. The van der Waals surface area contributed by atoms with Crippen molar-refractivity contribution in [2.45, 2.75) is 191 Å². The maximum atomic E-state index is 12.4. The van der Waals surface area contributed by atoms with Gasteiger partial charge in [-0.05, 0) is 25.0 Å². The molecule has 0 saturated heterocycles. The summed E-state index contributed by atoms with van der Waals surface area (Å²) in [7, 11) is 0. The monoisotopic (exact) mass is 736 g/mol. The topological polar surface area (TPSA) is 52.6 Å². The fourth-order valence-corrected chi connectivity index (χ4v) is 8.84. The minimum absolute atomic E-state index is 0.0736. The summed E-state index contributed by atoms with van der Waals surface area (Å²) in [4.78, 5) is 24.7. The first-order valence-electron chi connectivity index (χ1n) is 19.3. The van der Waals surface area contributed by atoms with Crippen LogP contribution in [-0.2, 0) is 9.47 Å². The average molecular weight is 736 g/mol. The average Bonchev–Trinajstić information content (AvgIpc) is 3.06. The zero-order valence-electron chi connectivity index (χ0n) is 30.2. The fourth-order valence-electron chi connectivity index (χ4n) is 5.27. The molecular formula is C40H72O4Sn. The molecule has 0 amide bonds. The summed E-state index contributed by atoms with van der Waals surface area (Å²) in [5, 5.41) is 0. The third-order valence-corrected chi connectivity index (χ3v) is 12.3. The number of unbranched alkanes of at least 4 members (excludes halogenated alkanes) is 20. The second-order valence-corrected chi connectivity index (χ2v) is 16.9. The van der Waals surface area contributed by atoms with E-state index < -0.39 is 11.9 Å². The minimum atomic E-state index is -0.444. The first-order chi connectivity index (χ1) is 22.1. The molecule has 0 aliphatic rings. The Balaban J connectivity index is 0.000000976. The molecule has 0 aliphatic carbocycles. The molecule has 0 spiro atoms. The Bertz CT molecular complexity index is 718. The Labute approximate surface area is 290 Å². The van der Waals surface area contributed by atoms with Crippen molar-refractivity contribution in [1.29, 1.82) is 0 Å². The SMILES string of the molecule is CCCCCCCCOC(=O)c1ccccc1C(=O)OCCCCCCCC.CCCCCCC[CH2][Sn][CH2]CCCCCCC. The van der Waals surface area contributed by atoms with Gasteiger partial charge in [0.05, 0.1) is 24.3 Å². The Morgan fingerprint density at radius 2 is 0.733 bits per heavy atom. The third kappa shape index (κ3) is 28.9. The van der Waals surface area contributed by atoms with Gasteiger partial charge in [0, 0.05) is 0 Å². The van der Waals surface area contributed by atoms with Crippen molar-refractivity contribution in [2.75, 3.05) is 13.2 Å². The molecule has 0 saturated carbocycles. The quantitative estimate of drug-likeness (QED) is 0.0448. The molecule has 1 aromatic rings. The van der Waals surface area contributed by atoms with E-state index in [4.69, 9.17) is 9.47 Å². The zero-order chi connectivity index (χ0) is 33.1. The zero-order valence-corrected chi connectivity index (χ0v) is 33.1. The van der Waals surface area contributed by atoms with Crippen molar-refractivity contribution in [1.82, 2.24) is 0 Å². The van der Waals surface area contributed by atoms with E-state index in [-0.39, 0.29) is 21.1 Å². The second kappa shape index (κ2) is 35.8. The first kappa shape index (κ1) is 44.0. The predicted octanol–water partition coefficient (Wildman–Crippen LogP) is 13.0. The molecule has 0 atom stereocenters. The van der Waals surface area contributed by atoms with Gasteiger partial charge in [-0.2, -0.15) is 0 Å². The fraction of sp³-hybridized carbons (Fsp3) is 0.800. The van der Waals surface area contributed by atoms with Gasteiger partial charge in [0.25, 0.3) is 0 Å². The predicted molar refractivity (Wildman–Crippen MR) is 196 cm³/mol. The summed E-state index contributed by atoms with van der Waals surface area (Å²) in [5.74, 6) is -0.888. The van der Waals surface area contributed by atoms with Crippen LogP contribution < -0.4 is 0 Å². The van der Waals surface area contributed by atoms with Gasteiger partial charge in [-0.25, -0.2) is 9.59 Å². The molecule has 0 fully saturated rings. The van der Waals surface area contributed by atoms with Crippen LogP contribution >= 0.6 is 0 Å². The van der Waals surface area contributed by atoms with Crippen LogP contribution in [0, 0.1) is 0 Å². The second-order valence-electron chi connectivity index (χ2n) is 12.6. The van der Waals surface area contributed by atoms with E-state index in [1.54, 1.807) is 46.0 Å². The van der Waals surface area contributed by atoms with Gasteiger partial charge in [0.2, 0.25) is 0 Å². The van der Waals surface area contributed by atoms with Gasteiger partial charge >= 0.3 is 133 Å². The maximum absolute atomic E-state index is 12.4. The summed E-state index contributed by atoms with van der Waals surface area (Å²) >= 11 is 0.0736. The van der Waals surface area contributed by atoms with Gasteiger partial charge in [-0.1, -0.05) is 90.2 Å². The molecular weight excluding hydrogens is 663 g/mol. The van der Waals surface area contributed by atoms with Crippen LogP contribution in [0.25, 0.3) is 0 Å². The van der Waals surface area contributed by atoms with Crippen LogP contribution in [-0.4, -0.2) is 46.3 Å². The number of benzene rings is 1. The molecule has 4 nitrogen and oxygen atoms in total. The molecule has 1 rings (SSSR count). The first-order valence-corrected chi connectivity index (χ1v) is 23.3. The molecule has 260 valence electrons. The van der Waals surface area contributed by atoms with E-state index in [9.17, 15) is 9.59 Å². The van der Waals surface area contributed by atoms with Crippen LogP contribution in [0.15, 0.2) is 24.3 Å². The Morgan fingerprint density at radius 3 is 1.07 bits per heavy atom. The summed E-state index contributed by atoms with van der Waals surface area (Å²) in [6, 6.07) is 6.74.